The van der Waals surface area contributed by atoms with Crippen molar-refractivity contribution in [1.29, 1.82) is 0 Å². The van der Waals surface area contributed by atoms with Crippen LogP contribution >= 0.6 is 22.7 Å². The molecule has 2 N–H and O–H groups in total. The largest absolute Gasteiger partial charge is 0.364 e. The van der Waals surface area contributed by atoms with E-state index in [0.29, 0.717) is 5.69 Å². The molecule has 0 aliphatic rings. The summed E-state index contributed by atoms with van der Waals surface area (Å²) in [7, 11) is 0. The molecule has 0 aliphatic carbocycles. The number of pyridine rings is 2. The number of nitrogens with two attached hydrogens (primary N) is 1. The summed E-state index contributed by atoms with van der Waals surface area (Å²) < 4.78 is 0.820. The number of nitrogens with zero attached hydrogens (tertiary/aromatic N) is 3. The van der Waals surface area contributed by atoms with Gasteiger partial charge in [0.2, 0.25) is 0 Å². The van der Waals surface area contributed by atoms with E-state index in [0.717, 1.165) is 36.9 Å². The van der Waals surface area contributed by atoms with Gasteiger partial charge in [0.15, 0.2) is 0 Å². The van der Waals surface area contributed by atoms with Gasteiger partial charge < -0.3 is 5.73 Å². The summed E-state index contributed by atoms with van der Waals surface area (Å²) in [6.07, 6.45) is 3.52. The van der Waals surface area contributed by atoms with Crippen LogP contribution in [0.3, 0.4) is 0 Å². The van der Waals surface area contributed by atoms with Crippen molar-refractivity contribution in [2.75, 3.05) is 0 Å². The Morgan fingerprint density at radius 1 is 1.25 bits per heavy atom. The summed E-state index contributed by atoms with van der Waals surface area (Å²) >= 11 is 3.00. The lowest BCUT2D eigenvalue weighted by atomic mass is 10.2. The maximum Gasteiger partial charge on any atom is 0.268 e. The van der Waals surface area contributed by atoms with Gasteiger partial charge in [0.05, 0.1) is 21.0 Å². The molecule has 7 heteroatoms. The zero-order valence-corrected chi connectivity index (χ0v) is 14.3. The highest BCUT2D eigenvalue weighted by Crippen LogP contribution is 2.36. The molecule has 0 saturated heterocycles. The summed E-state index contributed by atoms with van der Waals surface area (Å²) in [5.41, 5.74) is 8.37. The van der Waals surface area contributed by atoms with Crippen LogP contribution in [0.1, 0.15) is 16.2 Å². The van der Waals surface area contributed by atoms with Crippen LogP contribution in [0, 0.1) is 6.92 Å². The van der Waals surface area contributed by atoms with Gasteiger partial charge in [0, 0.05) is 18.0 Å². The number of carbonyl (C=O) groups is 1. The molecule has 0 aliphatic heterocycles. The molecule has 0 aromatic carbocycles. The van der Waals surface area contributed by atoms with E-state index < -0.39 is 5.91 Å². The molecule has 4 aromatic heterocycles. The zero-order valence-electron chi connectivity index (χ0n) is 12.7. The average molecular weight is 352 g/mol. The van der Waals surface area contributed by atoms with Crippen LogP contribution in [0.2, 0.25) is 0 Å². The molecule has 0 spiro atoms. The Balaban J connectivity index is 1.89. The van der Waals surface area contributed by atoms with Crippen LogP contribution in [0.15, 0.2) is 42.0 Å². The molecule has 118 valence electrons. The molecule has 4 aromatic rings. The molecule has 5 nitrogen and oxygen atoms in total. The lowest BCUT2D eigenvalue weighted by Crippen LogP contribution is -2.13. The quantitative estimate of drug-likeness (QED) is 0.606. The predicted molar refractivity (Wildman–Crippen MR) is 97.2 cm³/mol. The highest BCUT2D eigenvalue weighted by atomic mass is 32.1. The maximum absolute atomic E-state index is 11.8. The van der Waals surface area contributed by atoms with Crippen LogP contribution in [0.4, 0.5) is 0 Å². The standard InChI is InChI=1S/C17H12N4OS2/c1-9-14(24-17(20-9)11-3-2-5-19-8-11)12-7-10-4-6-23-15(10)13(21-12)16(18)22/h2-8H,1H3,(H2,18,22). The Morgan fingerprint density at radius 3 is 2.88 bits per heavy atom. The van der Waals surface area contributed by atoms with Crippen molar-refractivity contribution in [3.8, 4) is 21.1 Å². The fourth-order valence-corrected chi connectivity index (χ4v) is 4.39. The van der Waals surface area contributed by atoms with E-state index in [1.807, 2.05) is 36.6 Å². The summed E-state index contributed by atoms with van der Waals surface area (Å²) in [6.45, 7) is 1.94. The third-order valence-electron chi connectivity index (χ3n) is 3.61. The van der Waals surface area contributed by atoms with E-state index >= 15 is 0 Å². The molecule has 4 heterocycles. The van der Waals surface area contributed by atoms with Crippen molar-refractivity contribution in [2.45, 2.75) is 6.92 Å². The molecule has 4 rings (SSSR count). The number of thiazole rings is 1. The second-order valence-electron chi connectivity index (χ2n) is 5.23. The van der Waals surface area contributed by atoms with Crippen molar-refractivity contribution >= 4 is 38.7 Å². The normalized spacial score (nSPS) is 11.0. The Morgan fingerprint density at radius 2 is 2.12 bits per heavy atom. The van der Waals surface area contributed by atoms with Gasteiger partial charge in [-0.05, 0) is 42.0 Å². The number of fused-ring (bicyclic) bond motifs is 1. The van der Waals surface area contributed by atoms with Gasteiger partial charge in [-0.2, -0.15) is 0 Å². The minimum atomic E-state index is -0.515. The molecule has 0 bridgehead atoms. The number of amides is 1. The van der Waals surface area contributed by atoms with E-state index in [2.05, 4.69) is 15.0 Å². The number of rotatable bonds is 3. The number of hydrogen-bond acceptors (Lipinski definition) is 6. The topological polar surface area (TPSA) is 81.8 Å². The maximum atomic E-state index is 11.8. The monoisotopic (exact) mass is 352 g/mol. The van der Waals surface area contributed by atoms with E-state index in [1.165, 1.54) is 22.7 Å². The second kappa shape index (κ2) is 5.77. The Kier molecular flexibility index (Phi) is 3.59. The molecular formula is C17H12N4OS2. The van der Waals surface area contributed by atoms with Gasteiger partial charge in [-0.25, -0.2) is 9.97 Å². The first kappa shape index (κ1) is 14.9. The van der Waals surface area contributed by atoms with Crippen LogP contribution in [-0.2, 0) is 0 Å². The fourth-order valence-electron chi connectivity index (χ4n) is 2.51. The van der Waals surface area contributed by atoms with Crippen LogP contribution in [0.25, 0.3) is 31.2 Å². The summed E-state index contributed by atoms with van der Waals surface area (Å²) in [5, 5.41) is 3.78. The number of aromatic nitrogens is 3. The lowest BCUT2D eigenvalue weighted by molar-refractivity contribution is 0.0997. The summed E-state index contributed by atoms with van der Waals surface area (Å²) in [5.74, 6) is -0.515. The number of carbonyl (C=O) groups excluding carboxylic acids is 1. The SMILES string of the molecule is Cc1nc(-c2cccnc2)sc1-c1cc2ccsc2c(C(N)=O)n1. The van der Waals surface area contributed by atoms with Gasteiger partial charge in [-0.1, -0.05) is 0 Å². The summed E-state index contributed by atoms with van der Waals surface area (Å²) in [6, 6.07) is 7.80. The van der Waals surface area contributed by atoms with Crippen molar-refractivity contribution in [3.63, 3.8) is 0 Å². The number of thiophene rings is 1. The minimum Gasteiger partial charge on any atom is -0.364 e. The van der Waals surface area contributed by atoms with Gasteiger partial charge in [0.25, 0.3) is 5.91 Å². The first-order chi connectivity index (χ1) is 11.6. The first-order valence-electron chi connectivity index (χ1n) is 7.20. The first-order valence-corrected chi connectivity index (χ1v) is 8.89. The number of primary amides is 1. The van der Waals surface area contributed by atoms with Crippen LogP contribution in [-0.4, -0.2) is 20.9 Å². The molecule has 1 amide bonds. The van der Waals surface area contributed by atoms with Gasteiger partial charge in [-0.3, -0.25) is 9.78 Å². The van der Waals surface area contributed by atoms with Gasteiger partial charge >= 0.3 is 0 Å². The molecule has 24 heavy (non-hydrogen) atoms. The third-order valence-corrected chi connectivity index (χ3v) is 5.77. The van der Waals surface area contributed by atoms with Crippen LogP contribution in [0.5, 0.6) is 0 Å². The summed E-state index contributed by atoms with van der Waals surface area (Å²) in [4.78, 5) is 25.9. The average Bonchev–Trinajstić information content (AvgIpc) is 3.20. The molecule has 0 radical (unpaired) electrons. The molecule has 0 fully saturated rings. The van der Waals surface area contributed by atoms with Crippen molar-refractivity contribution in [3.05, 3.63) is 53.4 Å². The number of hydrogen-bond donors (Lipinski definition) is 1. The van der Waals surface area contributed by atoms with E-state index in [-0.39, 0.29) is 0 Å². The Bertz CT molecular complexity index is 1050. The molecule has 0 unspecified atom stereocenters. The Hall–Kier alpha value is -2.64. The molecule has 0 atom stereocenters. The third kappa shape index (κ3) is 2.47. The van der Waals surface area contributed by atoms with Gasteiger partial charge in [-0.15, -0.1) is 22.7 Å². The second-order valence-corrected chi connectivity index (χ2v) is 7.15. The highest BCUT2D eigenvalue weighted by molar-refractivity contribution is 7.18. The zero-order chi connectivity index (χ0) is 16.7. The molecule has 0 saturated carbocycles. The minimum absolute atomic E-state index is 0.313. The highest BCUT2D eigenvalue weighted by Gasteiger charge is 2.17. The van der Waals surface area contributed by atoms with Crippen molar-refractivity contribution in [1.82, 2.24) is 15.0 Å². The van der Waals surface area contributed by atoms with Gasteiger partial charge in [0.1, 0.15) is 10.7 Å². The van der Waals surface area contributed by atoms with E-state index in [1.54, 1.807) is 12.4 Å². The van der Waals surface area contributed by atoms with Crippen molar-refractivity contribution < 1.29 is 4.79 Å². The van der Waals surface area contributed by atoms with E-state index in [9.17, 15) is 4.79 Å². The molecular weight excluding hydrogens is 340 g/mol. The predicted octanol–water partition coefficient (Wildman–Crippen LogP) is 3.89. The van der Waals surface area contributed by atoms with E-state index in [4.69, 9.17) is 5.73 Å². The number of aryl methyl sites for hydroxylation is 1. The van der Waals surface area contributed by atoms with Crippen LogP contribution < -0.4 is 5.73 Å². The van der Waals surface area contributed by atoms with Crippen molar-refractivity contribution in [2.24, 2.45) is 5.73 Å². The fraction of sp³-hybridized carbons (Fsp3) is 0.0588. The Labute approximate surface area is 145 Å². The lowest BCUT2D eigenvalue weighted by Gasteiger charge is -2.03. The smallest absolute Gasteiger partial charge is 0.268 e.